The molecule has 4 aromatic heterocycles. The van der Waals surface area contributed by atoms with Crippen molar-refractivity contribution >= 4 is 46.4 Å². The summed E-state index contributed by atoms with van der Waals surface area (Å²) in [4.78, 5) is 41.0. The summed E-state index contributed by atoms with van der Waals surface area (Å²) in [6, 6.07) is 42.2. The van der Waals surface area contributed by atoms with Gasteiger partial charge in [-0.05, 0) is 145 Å². The van der Waals surface area contributed by atoms with Gasteiger partial charge in [-0.25, -0.2) is 4.68 Å². The number of nitrogens with zero attached hydrogens (tertiary/aromatic N) is 19. The Kier molecular flexibility index (Phi) is 71.5. The van der Waals surface area contributed by atoms with Crippen LogP contribution in [0.2, 0.25) is 0 Å². The zero-order valence-electron chi connectivity index (χ0n) is 64.6. The summed E-state index contributed by atoms with van der Waals surface area (Å²) in [7, 11) is 22.5. The van der Waals surface area contributed by atoms with Gasteiger partial charge < -0.3 is 44.9 Å². The first-order valence-electron chi connectivity index (χ1n) is 33.3. The molecule has 12 rings (SSSR count). The fourth-order valence-electron chi connectivity index (χ4n) is 13.2. The van der Waals surface area contributed by atoms with E-state index in [0.29, 0.717) is 23.7 Å². The van der Waals surface area contributed by atoms with E-state index in [2.05, 4.69) is 276 Å². The van der Waals surface area contributed by atoms with Crippen LogP contribution < -0.4 is 29.6 Å². The van der Waals surface area contributed by atoms with E-state index < -0.39 is 0 Å². The fourth-order valence-corrected chi connectivity index (χ4v) is 13.3. The number of aromatic nitrogens is 16. The molecule has 4 aliphatic rings. The molecule has 0 radical (unpaired) electrons. The average molecular weight is 2160 g/mol. The van der Waals surface area contributed by atoms with Crippen molar-refractivity contribution in [2.24, 2.45) is 37.8 Å². The fraction of sp³-hybridized carbons (Fsp3) is 0.500. The second-order valence-corrected chi connectivity index (χ2v) is 22.6. The molecule has 4 saturated heterocycles. The second-order valence-electron chi connectivity index (χ2n) is 22.2. The number of likely N-dealkylation sites (tertiary alicyclic amines) is 4. The van der Waals surface area contributed by atoms with Gasteiger partial charge in [0.2, 0.25) is 0 Å². The van der Waals surface area contributed by atoms with Gasteiger partial charge in [0.1, 0.15) is 0 Å². The minimum atomic E-state index is -0.176. The summed E-state index contributed by atoms with van der Waals surface area (Å²) in [5, 5.41) is 52.8. The van der Waals surface area contributed by atoms with E-state index in [1.54, 1.807) is 4.80 Å². The Labute approximate surface area is 709 Å². The van der Waals surface area contributed by atoms with Crippen LogP contribution >= 0.6 is 19.3 Å². The maximum absolute atomic E-state index is 7.75. The molecule has 4 aliphatic heterocycles. The van der Waals surface area contributed by atoms with Gasteiger partial charge in [0.15, 0.2) is 23.3 Å². The number of hydrogen-bond donors (Lipinski definition) is 1. The van der Waals surface area contributed by atoms with Crippen molar-refractivity contribution in [3.8, 4) is 0 Å². The van der Waals surface area contributed by atoms with Gasteiger partial charge >= 0.3 is 114 Å². The van der Waals surface area contributed by atoms with Gasteiger partial charge in [-0.2, -0.15) is 24.5 Å². The Hall–Kier alpha value is -3.75. The van der Waals surface area contributed by atoms with Crippen LogP contribution in [0.5, 0.6) is 0 Å². The molecule has 32 heteroatoms. The summed E-state index contributed by atoms with van der Waals surface area (Å²) in [5.74, 6) is 4.93. The van der Waals surface area contributed by atoms with Crippen LogP contribution in [-0.2, 0) is 139 Å². The molecular weight excluding hydrogens is 2040 g/mol. The minimum absolute atomic E-state index is 0. The van der Waals surface area contributed by atoms with Gasteiger partial charge in [0.25, 0.3) is 0 Å². The monoisotopic (exact) mass is 2160 g/mol. The van der Waals surface area contributed by atoms with Gasteiger partial charge in [-0.3, -0.25) is 55.3 Å². The maximum Gasteiger partial charge on any atom is 2.00 e. The SMILES string of the molecule is CC.CC.CC.CC.CC.P.[CH-]=O.[CH-]=O.[CH-]=O.[CH-]=O.[CH2-]N1CCC(c2ccccc2)(c2nn[nH]n2)C(C)C1.[CH2-]N1CCC(c2ccccc2)(c2nnn(C)n2)C(C)C1.[CH2-]N1CCC(c2ccccc2)(c2nnn(P)n2)C(C)C1.[CH2-]N1CCC(c2ccccc2)(c2nnnn2C)C(C)C1.[NH2-].[Na+].[W+2].[W+2].[W+2].[W+2]. The third kappa shape index (κ3) is 30.3. The zero-order chi connectivity index (χ0) is 73.8. The predicted molar refractivity (Wildman–Crippen MR) is 407 cm³/mol. The normalized spacial score (nSPS) is 21.6. The summed E-state index contributed by atoms with van der Waals surface area (Å²) in [5.41, 5.74) is 4.45. The van der Waals surface area contributed by atoms with Crippen molar-refractivity contribution in [1.82, 2.24) is 101 Å². The molecule has 4 fully saturated rings. The van der Waals surface area contributed by atoms with Crippen molar-refractivity contribution in [2.45, 2.75) is 144 Å². The number of benzene rings is 4. The van der Waals surface area contributed by atoms with Gasteiger partial charge in [0.05, 0.1) is 28.7 Å². The molecule has 10 unspecified atom stereocenters. The van der Waals surface area contributed by atoms with Crippen molar-refractivity contribution in [1.29, 1.82) is 0 Å². The molecule has 104 heavy (non-hydrogen) atoms. The first-order chi connectivity index (χ1) is 47.1. The molecule has 25 nitrogen and oxygen atoms in total. The molecule has 10 atom stereocenters. The standard InChI is InChI=1S/2C15H20N5.C14H19N5P.C14H18N5.5C2H6.4CHO.H2N.Na.H3P.4W/c1-12-11-19(2)10-9-15(12,13-7-5-4-6-8-13)14-16-17-18-20(14)3;1-12-11-19(2)10-9-15(12,13-7-5-4-6-8-13)14-16-18-20(3)17-14;1-11-10-18(2)9-8-14(11,12-6-4-3-5-7-12)13-15-17-19(20)16-13;1-11-10-19(2)9-8-14(11,13-15-17-18-16-13)12-6-4-3-5-7-12;9*1-2;;;;;;;/h2*4-8,12H,2,9-11H2,1,3H3;3-7,11H,2,8-10,20H2,1H3;3-7,11H,2,8-10H2,1H3,(H,15,16,17,18);5*1-2H3;4*1H;1H2;;1H3;;;;/q4*-1;;;;;;5*-1;+1;;4*+2. The first-order valence-corrected chi connectivity index (χ1v) is 33.8. The molecule has 0 bridgehead atoms. The summed E-state index contributed by atoms with van der Waals surface area (Å²) < 4.78 is 3.27. The number of carbonyl (C=O) groups excluding carboxylic acids is 4. The zero-order valence-corrected chi connectivity index (χ0v) is 80.9. The molecule has 568 valence electrons. The molecule has 0 amide bonds. The van der Waals surface area contributed by atoms with E-state index in [9.17, 15) is 0 Å². The van der Waals surface area contributed by atoms with Crippen molar-refractivity contribution in [3.63, 3.8) is 0 Å². The van der Waals surface area contributed by atoms with Crippen LogP contribution in [0.15, 0.2) is 121 Å². The van der Waals surface area contributed by atoms with E-state index in [1.165, 1.54) is 26.8 Å². The number of H-pyrrole nitrogens is 1. The quantitative estimate of drug-likeness (QED) is 0.0646. The molecule has 4 aromatic carbocycles. The van der Waals surface area contributed by atoms with Crippen LogP contribution in [0.1, 0.15) is 168 Å². The van der Waals surface area contributed by atoms with Gasteiger partial charge in [0, 0.05) is 16.4 Å². The van der Waals surface area contributed by atoms with E-state index in [1.807, 2.05) is 112 Å². The molecule has 0 aliphatic carbocycles. The Morgan fingerprint density at radius 2 is 0.702 bits per heavy atom. The topological polar surface area (TPSA) is 300 Å². The molecule has 0 spiro atoms. The maximum atomic E-state index is 7.75. The summed E-state index contributed by atoms with van der Waals surface area (Å²) in [6.45, 7) is 49.5. The van der Waals surface area contributed by atoms with Crippen LogP contribution in [0.3, 0.4) is 0 Å². The minimum Gasteiger partial charge on any atom is -0.693 e. The average Bonchev–Trinajstić information content (AvgIpc) is 1.57. The van der Waals surface area contributed by atoms with Crippen molar-refractivity contribution in [2.75, 3.05) is 52.4 Å². The van der Waals surface area contributed by atoms with E-state index in [-0.39, 0.29) is 152 Å². The Balaban J connectivity index is -0.000000179. The van der Waals surface area contributed by atoms with Crippen LogP contribution in [-0.4, -0.2) is 180 Å². The number of aryl methyl sites for hydroxylation is 2. The van der Waals surface area contributed by atoms with Crippen LogP contribution in [0, 0.1) is 51.9 Å². The second kappa shape index (κ2) is 64.1. The first kappa shape index (κ1) is 116. The molecule has 8 heterocycles. The van der Waals surface area contributed by atoms with Gasteiger partial charge in [-0.15, -0.1) is 35.7 Å². The predicted octanol–water partition coefficient (Wildman–Crippen LogP) is 8.41. The summed E-state index contributed by atoms with van der Waals surface area (Å²) >= 11 is 0. The number of nitrogens with one attached hydrogen (secondary N) is 1. The van der Waals surface area contributed by atoms with E-state index in [0.717, 1.165) is 101 Å². The number of rotatable bonds is 8. The van der Waals surface area contributed by atoms with Gasteiger partial charge in [-0.1, -0.05) is 223 Å². The molecule has 0 saturated carbocycles. The Bertz CT molecular complexity index is 3130. The number of tetrazole rings is 4. The van der Waals surface area contributed by atoms with Crippen molar-refractivity contribution in [3.05, 3.63) is 201 Å². The number of hydrogen-bond acceptors (Lipinski definition) is 20. The molecular formula is C72H116N21NaO4P2W4. The number of aromatic amines is 1. The number of piperidine rings is 4. The van der Waals surface area contributed by atoms with Crippen molar-refractivity contribution < 1.29 is 133 Å². The third-order valence-corrected chi connectivity index (χ3v) is 17.7. The largest absolute Gasteiger partial charge is 2.00 e. The van der Waals surface area contributed by atoms with Crippen LogP contribution in [0.25, 0.3) is 6.15 Å². The van der Waals surface area contributed by atoms with E-state index >= 15 is 0 Å². The van der Waals surface area contributed by atoms with E-state index in [4.69, 9.17) is 19.2 Å². The Morgan fingerprint density at radius 1 is 0.423 bits per heavy atom. The molecule has 3 N–H and O–H groups in total. The van der Waals surface area contributed by atoms with Crippen LogP contribution in [0.4, 0.5) is 0 Å². The summed E-state index contributed by atoms with van der Waals surface area (Å²) in [6.07, 6.45) is 3.86. The third-order valence-electron chi connectivity index (χ3n) is 17.4. The Morgan fingerprint density at radius 3 is 0.942 bits per heavy atom. The molecule has 8 aromatic rings. The number of nitrogens with two attached hydrogens (primary N) is 1. The smallest absolute Gasteiger partial charge is 0.693 e.